The first kappa shape index (κ1) is 35.4. The van der Waals surface area contributed by atoms with E-state index in [2.05, 4.69) is 114 Å². The molecule has 212 valence electrons. The fraction of sp³-hybridized carbons (Fsp3) is 0.484. The van der Waals surface area contributed by atoms with E-state index >= 15 is 0 Å². The van der Waals surface area contributed by atoms with Crippen LogP contribution in [0.25, 0.3) is 0 Å². The van der Waals surface area contributed by atoms with Gasteiger partial charge < -0.3 is 29.6 Å². The molecule has 2 aromatic carbocycles. The van der Waals surface area contributed by atoms with Gasteiger partial charge in [-0.1, -0.05) is 91.8 Å². The summed E-state index contributed by atoms with van der Waals surface area (Å²) in [7, 11) is 0. The van der Waals surface area contributed by atoms with E-state index < -0.39 is 11.9 Å². The Balaban J connectivity index is 0.00000134. The van der Waals surface area contributed by atoms with Crippen molar-refractivity contribution < 1.29 is 40.2 Å². The van der Waals surface area contributed by atoms with E-state index in [1.54, 1.807) is 0 Å². The summed E-state index contributed by atoms with van der Waals surface area (Å²) in [6.45, 7) is 21.2. The second-order valence-corrected chi connectivity index (χ2v) is 10.6. The first-order chi connectivity index (χ1) is 17.2. The molecule has 0 radical (unpaired) electrons. The topological polar surface area (TPSA) is 86.7 Å². The van der Waals surface area contributed by atoms with Crippen LogP contribution in [0.15, 0.2) is 48.8 Å². The quantitative estimate of drug-likeness (QED) is 0.403. The minimum Gasteiger partial charge on any atom is -0.550 e. The van der Waals surface area contributed by atoms with Gasteiger partial charge in [0, 0.05) is 35.7 Å². The van der Waals surface area contributed by atoms with E-state index in [1.807, 2.05) is 0 Å². The summed E-state index contributed by atoms with van der Waals surface area (Å²) in [4.78, 5) is 22.7. The van der Waals surface area contributed by atoms with Crippen LogP contribution in [0, 0.1) is 0 Å². The van der Waals surface area contributed by atoms with Gasteiger partial charge in [-0.15, -0.1) is 0 Å². The summed E-state index contributed by atoms with van der Waals surface area (Å²) >= 11 is 0. The molecule has 0 aliphatic carbocycles. The molecule has 7 heteroatoms. The summed E-state index contributed by atoms with van der Waals surface area (Å²) in [5, 5.41) is 17.8. The first-order valence-corrected chi connectivity index (χ1v) is 13.0. The zero-order chi connectivity index (χ0) is 28.4. The molecule has 1 aliphatic rings. The maximum atomic E-state index is 8.89. The summed E-state index contributed by atoms with van der Waals surface area (Å²) in [5.41, 5.74) is 8.52. The van der Waals surface area contributed by atoms with Crippen LogP contribution < -0.4 is 20.0 Å². The number of anilines is 2. The fourth-order valence-corrected chi connectivity index (χ4v) is 4.40. The minimum atomic E-state index is -1.08. The third-order valence-electron chi connectivity index (χ3n) is 5.99. The van der Waals surface area contributed by atoms with Crippen LogP contribution in [0.2, 0.25) is 0 Å². The standard InChI is InChI=1S/C27H38N2.2C2H4O2.Pd/c1-18(2)22-11-9-12-23(19(3)4)26(22)28-15-16-29(17-28)27-24(20(5)6)13-10-14-25(27)21(7)8;2*1-2(3)4;/h9-16,18-21H,17H2,1-8H3;2*1H3,(H,3,4);/q;;;+2/p-2. The predicted octanol–water partition coefficient (Wildman–Crippen LogP) is 5.45. The number of aliphatic carboxylic acids is 2. The molecule has 3 rings (SSSR count). The molecule has 1 heterocycles. The van der Waals surface area contributed by atoms with Crippen LogP contribution in [-0.4, -0.2) is 18.6 Å². The van der Waals surface area contributed by atoms with Crippen LogP contribution in [0.5, 0.6) is 0 Å². The fourth-order valence-electron chi connectivity index (χ4n) is 4.40. The molecule has 0 aromatic heterocycles. The van der Waals surface area contributed by atoms with E-state index in [-0.39, 0.29) is 20.4 Å². The van der Waals surface area contributed by atoms with Crippen molar-refractivity contribution in [3.63, 3.8) is 0 Å². The van der Waals surface area contributed by atoms with E-state index in [9.17, 15) is 0 Å². The van der Waals surface area contributed by atoms with Gasteiger partial charge in [-0.3, -0.25) is 0 Å². The Labute approximate surface area is 243 Å². The van der Waals surface area contributed by atoms with Gasteiger partial charge in [0.1, 0.15) is 0 Å². The van der Waals surface area contributed by atoms with Gasteiger partial charge in [-0.05, 0) is 59.8 Å². The van der Waals surface area contributed by atoms with Crippen LogP contribution in [0.1, 0.15) is 115 Å². The van der Waals surface area contributed by atoms with Crippen molar-refractivity contribution in [3.05, 3.63) is 71.1 Å². The number of hydrogen-bond acceptors (Lipinski definition) is 6. The molecule has 1 aliphatic heterocycles. The third-order valence-corrected chi connectivity index (χ3v) is 5.99. The van der Waals surface area contributed by atoms with Crippen molar-refractivity contribution in [2.24, 2.45) is 0 Å². The molecular formula is C31H44N2O4Pd. The van der Waals surface area contributed by atoms with Crippen molar-refractivity contribution in [2.75, 3.05) is 16.5 Å². The Morgan fingerprint density at radius 3 is 1.00 bits per heavy atom. The van der Waals surface area contributed by atoms with Gasteiger partial charge >= 0.3 is 20.4 Å². The first-order valence-electron chi connectivity index (χ1n) is 13.0. The van der Waals surface area contributed by atoms with Gasteiger partial charge in [0.05, 0.1) is 6.67 Å². The average molecular weight is 615 g/mol. The Bertz CT molecular complexity index is 934. The van der Waals surface area contributed by atoms with Gasteiger partial charge in [0.15, 0.2) is 0 Å². The SMILES string of the molecule is CC(=O)[O-].CC(=O)[O-].CC(C)c1cccc(C(C)C)c1N1C=CN(c2c(C(C)C)cccc2C(C)C)C1.[Pd+2]. The molecule has 0 amide bonds. The summed E-state index contributed by atoms with van der Waals surface area (Å²) in [6, 6.07) is 13.6. The second kappa shape index (κ2) is 16.4. The molecular weight excluding hydrogens is 571 g/mol. The molecule has 0 fully saturated rings. The van der Waals surface area contributed by atoms with E-state index in [0.29, 0.717) is 23.7 Å². The zero-order valence-electron chi connectivity index (χ0n) is 24.5. The number of carboxylic acids is 2. The van der Waals surface area contributed by atoms with Crippen molar-refractivity contribution in [1.29, 1.82) is 0 Å². The van der Waals surface area contributed by atoms with Crippen molar-refractivity contribution >= 4 is 23.3 Å². The Kier molecular flexibility index (Phi) is 15.2. The Hall–Kier alpha value is -2.62. The molecule has 0 saturated carbocycles. The van der Waals surface area contributed by atoms with Crippen LogP contribution in [0.3, 0.4) is 0 Å². The van der Waals surface area contributed by atoms with Gasteiger partial charge in [0.25, 0.3) is 0 Å². The van der Waals surface area contributed by atoms with E-state index in [0.717, 1.165) is 20.5 Å². The van der Waals surface area contributed by atoms with Crippen molar-refractivity contribution in [1.82, 2.24) is 0 Å². The van der Waals surface area contributed by atoms with Crippen LogP contribution in [0.4, 0.5) is 11.4 Å². The summed E-state index contributed by atoms with van der Waals surface area (Å²) in [6.07, 6.45) is 4.54. The third kappa shape index (κ3) is 10.3. The number of carboxylic acid groups (broad SMARTS) is 2. The zero-order valence-corrected chi connectivity index (χ0v) is 26.0. The largest absolute Gasteiger partial charge is 2.00 e. The molecule has 2 aromatic rings. The molecule has 0 unspecified atom stereocenters. The van der Waals surface area contributed by atoms with E-state index in [1.165, 1.54) is 33.6 Å². The average Bonchev–Trinajstić information content (AvgIpc) is 3.26. The molecule has 0 N–H and O–H groups in total. The predicted molar refractivity (Wildman–Crippen MR) is 150 cm³/mol. The number of nitrogens with zero attached hydrogens (tertiary/aromatic N) is 2. The number of carbonyl (C=O) groups excluding carboxylic acids is 2. The molecule has 0 spiro atoms. The van der Waals surface area contributed by atoms with Gasteiger partial charge in [-0.25, -0.2) is 0 Å². The van der Waals surface area contributed by atoms with Crippen molar-refractivity contribution in [3.8, 4) is 0 Å². The molecule has 0 bridgehead atoms. The van der Waals surface area contributed by atoms with Crippen LogP contribution in [-0.2, 0) is 30.0 Å². The minimum absolute atomic E-state index is 0. The monoisotopic (exact) mass is 614 g/mol. The second-order valence-electron chi connectivity index (χ2n) is 10.6. The number of hydrogen-bond donors (Lipinski definition) is 0. The summed E-state index contributed by atoms with van der Waals surface area (Å²) < 4.78 is 0. The van der Waals surface area contributed by atoms with Gasteiger partial charge in [-0.2, -0.15) is 0 Å². The molecule has 6 nitrogen and oxygen atoms in total. The molecule has 0 atom stereocenters. The number of para-hydroxylation sites is 2. The smallest absolute Gasteiger partial charge is 0.550 e. The van der Waals surface area contributed by atoms with Crippen molar-refractivity contribution in [2.45, 2.75) is 92.9 Å². The number of rotatable bonds is 6. The Morgan fingerprint density at radius 1 is 0.605 bits per heavy atom. The number of benzene rings is 2. The maximum Gasteiger partial charge on any atom is 2.00 e. The molecule has 38 heavy (non-hydrogen) atoms. The Morgan fingerprint density at radius 2 is 0.816 bits per heavy atom. The number of carbonyl (C=O) groups is 2. The normalized spacial score (nSPS) is 12.3. The summed E-state index contributed by atoms with van der Waals surface area (Å²) in [5.74, 6) is -0.165. The van der Waals surface area contributed by atoms with E-state index in [4.69, 9.17) is 19.8 Å². The molecule has 0 saturated heterocycles. The van der Waals surface area contributed by atoms with Crippen LogP contribution >= 0.6 is 0 Å². The maximum absolute atomic E-state index is 8.89. The van der Waals surface area contributed by atoms with Gasteiger partial charge in [0.2, 0.25) is 0 Å².